The molecular formula is C15H24O4Si. The smallest absolute Gasteiger partial charge is 0.308 e. The van der Waals surface area contributed by atoms with Crippen molar-refractivity contribution in [3.8, 4) is 0 Å². The van der Waals surface area contributed by atoms with Crippen LogP contribution < -0.4 is 0 Å². The van der Waals surface area contributed by atoms with Crippen LogP contribution >= 0.6 is 0 Å². The van der Waals surface area contributed by atoms with E-state index in [9.17, 15) is 4.79 Å². The lowest BCUT2D eigenvalue weighted by molar-refractivity contribution is -0.143. The van der Waals surface area contributed by atoms with Crippen LogP contribution in [0.1, 0.15) is 12.0 Å². The number of hydrogen-bond donors (Lipinski definition) is 0. The average Bonchev–Trinajstić information content (AvgIpc) is 2.38. The molecule has 112 valence electrons. The van der Waals surface area contributed by atoms with Crippen LogP contribution in [0.4, 0.5) is 0 Å². The van der Waals surface area contributed by atoms with Crippen molar-refractivity contribution in [1.82, 2.24) is 0 Å². The zero-order chi connectivity index (χ0) is 15.0. The van der Waals surface area contributed by atoms with Crippen LogP contribution in [0, 0.1) is 0 Å². The molecule has 1 aromatic carbocycles. The number of carbonyl (C=O) groups is 1. The number of benzene rings is 1. The molecule has 0 saturated carbocycles. The van der Waals surface area contributed by atoms with Crippen LogP contribution in [0.3, 0.4) is 0 Å². The van der Waals surface area contributed by atoms with E-state index in [1.165, 1.54) is 7.11 Å². The normalized spacial score (nSPS) is 13.0. The highest BCUT2D eigenvalue weighted by Gasteiger charge is 2.23. The highest BCUT2D eigenvalue weighted by atomic mass is 28.4. The van der Waals surface area contributed by atoms with E-state index < -0.39 is 8.32 Å². The molecule has 0 aliphatic carbocycles. The third kappa shape index (κ3) is 7.42. The van der Waals surface area contributed by atoms with Gasteiger partial charge in [0.15, 0.2) is 8.32 Å². The molecule has 1 aromatic rings. The molecule has 0 aliphatic heterocycles. The van der Waals surface area contributed by atoms with E-state index in [0.29, 0.717) is 13.2 Å². The lowest BCUT2D eigenvalue weighted by atomic mass is 10.2. The van der Waals surface area contributed by atoms with Crippen LogP contribution in [0.25, 0.3) is 0 Å². The summed E-state index contributed by atoms with van der Waals surface area (Å²) in [6.45, 7) is 7.19. The Hall–Kier alpha value is -1.17. The average molecular weight is 296 g/mol. The number of methoxy groups -OCH3 is 1. The molecule has 0 bridgehead atoms. The van der Waals surface area contributed by atoms with Crippen molar-refractivity contribution in [3.05, 3.63) is 35.9 Å². The number of carbonyl (C=O) groups excluding carboxylic acids is 1. The molecule has 0 heterocycles. The first-order chi connectivity index (χ1) is 9.40. The van der Waals surface area contributed by atoms with Gasteiger partial charge in [0, 0.05) is 0 Å². The summed E-state index contributed by atoms with van der Waals surface area (Å²) < 4.78 is 16.3. The van der Waals surface area contributed by atoms with Gasteiger partial charge in [0.25, 0.3) is 0 Å². The molecule has 0 amide bonds. The minimum atomic E-state index is -1.72. The Morgan fingerprint density at radius 3 is 2.40 bits per heavy atom. The quantitative estimate of drug-likeness (QED) is 0.546. The summed E-state index contributed by atoms with van der Waals surface area (Å²) in [5, 5.41) is 0. The Morgan fingerprint density at radius 2 is 1.85 bits per heavy atom. The lowest BCUT2D eigenvalue weighted by Crippen LogP contribution is -2.36. The van der Waals surface area contributed by atoms with Gasteiger partial charge in [-0.15, -0.1) is 0 Å². The van der Waals surface area contributed by atoms with Gasteiger partial charge in [-0.2, -0.15) is 0 Å². The highest BCUT2D eigenvalue weighted by molar-refractivity contribution is 6.69. The minimum absolute atomic E-state index is 0.232. The van der Waals surface area contributed by atoms with E-state index in [2.05, 4.69) is 19.6 Å². The predicted molar refractivity (Wildman–Crippen MR) is 81.0 cm³/mol. The summed E-state index contributed by atoms with van der Waals surface area (Å²) in [4.78, 5) is 11.4. The van der Waals surface area contributed by atoms with Crippen LogP contribution in [0.2, 0.25) is 19.6 Å². The molecule has 0 fully saturated rings. The second kappa shape index (κ2) is 8.19. The minimum Gasteiger partial charge on any atom is -0.469 e. The Bertz CT molecular complexity index is 400. The molecule has 0 aromatic heterocycles. The van der Waals surface area contributed by atoms with Gasteiger partial charge in [-0.25, -0.2) is 0 Å². The number of hydrogen-bond acceptors (Lipinski definition) is 4. The SMILES string of the molecule is COC(=O)C[C@@H](COCc1ccccc1)O[Si](C)(C)C. The van der Waals surface area contributed by atoms with E-state index in [1.54, 1.807) is 0 Å². The molecule has 0 N–H and O–H groups in total. The van der Waals surface area contributed by atoms with Gasteiger partial charge in [0.2, 0.25) is 0 Å². The maximum absolute atomic E-state index is 11.4. The van der Waals surface area contributed by atoms with Crippen molar-refractivity contribution in [2.75, 3.05) is 13.7 Å². The lowest BCUT2D eigenvalue weighted by Gasteiger charge is -2.25. The maximum Gasteiger partial charge on any atom is 0.308 e. The molecule has 20 heavy (non-hydrogen) atoms. The topological polar surface area (TPSA) is 44.8 Å². The summed E-state index contributed by atoms with van der Waals surface area (Å²) in [6.07, 6.45) is -0.00642. The second-order valence-electron chi connectivity index (χ2n) is 5.63. The molecular weight excluding hydrogens is 272 g/mol. The van der Waals surface area contributed by atoms with Crippen molar-refractivity contribution in [2.45, 2.75) is 38.8 Å². The Labute approximate surface area is 122 Å². The first-order valence-electron chi connectivity index (χ1n) is 6.77. The van der Waals surface area contributed by atoms with Crippen molar-refractivity contribution in [1.29, 1.82) is 0 Å². The van der Waals surface area contributed by atoms with Crippen molar-refractivity contribution < 1.29 is 18.7 Å². The number of ether oxygens (including phenoxy) is 2. The van der Waals surface area contributed by atoms with Crippen molar-refractivity contribution >= 4 is 14.3 Å². The van der Waals surface area contributed by atoms with Gasteiger partial charge in [0.05, 0.1) is 32.8 Å². The van der Waals surface area contributed by atoms with Gasteiger partial charge in [-0.05, 0) is 25.2 Å². The third-order valence-electron chi connectivity index (χ3n) is 2.56. The first kappa shape index (κ1) is 16.9. The Morgan fingerprint density at radius 1 is 1.20 bits per heavy atom. The Kier molecular flexibility index (Phi) is 6.91. The molecule has 0 spiro atoms. The standard InChI is InChI=1S/C15H24O4Si/c1-17-15(16)10-14(19-20(2,3)4)12-18-11-13-8-6-5-7-9-13/h5-9,14H,10-12H2,1-4H3/t14-/m0/s1. The molecule has 5 heteroatoms. The fourth-order valence-electron chi connectivity index (χ4n) is 1.79. The van der Waals surface area contributed by atoms with Crippen LogP contribution in [0.5, 0.6) is 0 Å². The first-order valence-corrected chi connectivity index (χ1v) is 10.2. The molecule has 1 rings (SSSR count). The molecule has 1 atom stereocenters. The van der Waals surface area contributed by atoms with Gasteiger partial charge in [-0.3, -0.25) is 4.79 Å². The summed E-state index contributed by atoms with van der Waals surface area (Å²) in [5.74, 6) is -0.267. The zero-order valence-corrected chi connectivity index (χ0v) is 13.7. The maximum atomic E-state index is 11.4. The largest absolute Gasteiger partial charge is 0.469 e. The third-order valence-corrected chi connectivity index (χ3v) is 3.60. The fourth-order valence-corrected chi connectivity index (χ4v) is 2.94. The van der Waals surface area contributed by atoms with E-state index in [4.69, 9.17) is 13.9 Å². The van der Waals surface area contributed by atoms with E-state index in [0.717, 1.165) is 5.56 Å². The van der Waals surface area contributed by atoms with Crippen LogP contribution in [0.15, 0.2) is 30.3 Å². The predicted octanol–water partition coefficient (Wildman–Crippen LogP) is 2.99. The second-order valence-corrected chi connectivity index (χ2v) is 10.1. The van der Waals surface area contributed by atoms with Gasteiger partial charge in [0.1, 0.15) is 0 Å². The van der Waals surface area contributed by atoms with Crippen molar-refractivity contribution in [3.63, 3.8) is 0 Å². The monoisotopic (exact) mass is 296 g/mol. The molecule has 0 aliphatic rings. The fraction of sp³-hybridized carbons (Fsp3) is 0.533. The van der Waals surface area contributed by atoms with Gasteiger partial charge < -0.3 is 13.9 Å². The highest BCUT2D eigenvalue weighted by Crippen LogP contribution is 2.12. The number of esters is 1. The molecule has 0 unspecified atom stereocenters. The summed E-state index contributed by atoms with van der Waals surface area (Å²) in [5.41, 5.74) is 1.11. The number of rotatable bonds is 8. The molecule has 0 saturated heterocycles. The van der Waals surface area contributed by atoms with Gasteiger partial charge in [-0.1, -0.05) is 30.3 Å². The molecule has 0 radical (unpaired) electrons. The van der Waals surface area contributed by atoms with E-state index in [-0.39, 0.29) is 18.5 Å². The summed E-state index contributed by atoms with van der Waals surface area (Å²) in [7, 11) is -0.329. The van der Waals surface area contributed by atoms with Crippen molar-refractivity contribution in [2.24, 2.45) is 0 Å². The Balaban J connectivity index is 2.45. The van der Waals surface area contributed by atoms with Gasteiger partial charge >= 0.3 is 5.97 Å². The zero-order valence-electron chi connectivity index (χ0n) is 12.7. The summed E-state index contributed by atoms with van der Waals surface area (Å²) >= 11 is 0. The van der Waals surface area contributed by atoms with Crippen LogP contribution in [-0.4, -0.2) is 34.1 Å². The van der Waals surface area contributed by atoms with E-state index >= 15 is 0 Å². The van der Waals surface area contributed by atoms with E-state index in [1.807, 2.05) is 30.3 Å². The van der Waals surface area contributed by atoms with Crippen LogP contribution in [-0.2, 0) is 25.3 Å². The molecule has 4 nitrogen and oxygen atoms in total. The summed E-state index contributed by atoms with van der Waals surface area (Å²) in [6, 6.07) is 9.94.